The molecule has 13 heteroatoms. The van der Waals surface area contributed by atoms with Crippen LogP contribution >= 0.6 is 0 Å². The van der Waals surface area contributed by atoms with Gasteiger partial charge >= 0.3 is 12.1 Å². The Morgan fingerprint density at radius 1 is 0.977 bits per heavy atom. The Morgan fingerprint density at radius 3 is 2.23 bits per heavy atom. The number of nitriles is 1. The van der Waals surface area contributed by atoms with E-state index in [-0.39, 0.29) is 30.1 Å². The van der Waals surface area contributed by atoms with E-state index < -0.39 is 24.0 Å². The first-order valence-electron chi connectivity index (χ1n) is 14.3. The highest BCUT2D eigenvalue weighted by molar-refractivity contribution is 5.86. The highest BCUT2D eigenvalue weighted by Gasteiger charge is 2.40. The van der Waals surface area contributed by atoms with Crippen molar-refractivity contribution in [2.24, 2.45) is 0 Å². The van der Waals surface area contributed by atoms with Gasteiger partial charge in [0, 0.05) is 45.1 Å². The summed E-state index contributed by atoms with van der Waals surface area (Å²) in [5, 5.41) is 20.7. The Hall–Kier alpha value is -4.86. The number of nitrogens with one attached hydrogen (secondary N) is 1. The molecule has 10 nitrogen and oxygen atoms in total. The summed E-state index contributed by atoms with van der Waals surface area (Å²) < 4.78 is 47.5. The van der Waals surface area contributed by atoms with E-state index in [1.54, 1.807) is 46.2 Å². The molecule has 1 aromatic heterocycles. The molecule has 5 rings (SSSR count). The molecule has 2 saturated heterocycles. The van der Waals surface area contributed by atoms with Crippen molar-refractivity contribution in [1.29, 1.82) is 5.26 Å². The van der Waals surface area contributed by atoms with Crippen LogP contribution < -0.4 is 19.9 Å². The number of hydrogen-bond acceptors (Lipinski definition) is 8. The van der Waals surface area contributed by atoms with Crippen molar-refractivity contribution in [3.05, 3.63) is 77.1 Å². The zero-order valence-corrected chi connectivity index (χ0v) is 23.8. The number of anilines is 2. The minimum Gasteiger partial charge on any atom is -0.490 e. The number of halogens is 3. The van der Waals surface area contributed by atoms with Crippen molar-refractivity contribution in [3.8, 4) is 11.8 Å². The van der Waals surface area contributed by atoms with Gasteiger partial charge in [0.15, 0.2) is 0 Å². The third-order valence-corrected chi connectivity index (χ3v) is 7.71. The van der Waals surface area contributed by atoms with Crippen molar-refractivity contribution in [3.63, 3.8) is 0 Å². The number of alkyl halides is 3. The number of carboxylic acid groups (broad SMARTS) is 1. The quantitative estimate of drug-likeness (QED) is 0.351. The normalized spacial score (nSPS) is 17.0. The Kier molecular flexibility index (Phi) is 9.18. The molecular formula is C31H31F3N6O4. The van der Waals surface area contributed by atoms with E-state index in [2.05, 4.69) is 21.4 Å². The highest BCUT2D eigenvalue weighted by atomic mass is 19.4. The van der Waals surface area contributed by atoms with Gasteiger partial charge in [-0.15, -0.1) is 0 Å². The minimum absolute atomic E-state index is 0.0561. The Balaban J connectivity index is 1.20. The number of carbonyl (C=O) groups is 2. The highest BCUT2D eigenvalue weighted by Crippen LogP contribution is 2.34. The van der Waals surface area contributed by atoms with Crippen LogP contribution in [0.5, 0.6) is 5.75 Å². The molecule has 3 heterocycles. The smallest absolute Gasteiger partial charge is 0.451 e. The molecule has 0 aliphatic carbocycles. The molecule has 2 aromatic carbocycles. The molecule has 2 fully saturated rings. The zero-order chi connectivity index (χ0) is 31.3. The third kappa shape index (κ3) is 7.55. The molecule has 2 aliphatic rings. The summed E-state index contributed by atoms with van der Waals surface area (Å²) in [5.74, 6) is -1.66. The van der Waals surface area contributed by atoms with Crippen LogP contribution in [0.2, 0.25) is 0 Å². The Labute approximate surface area is 252 Å². The monoisotopic (exact) mass is 608 g/mol. The van der Waals surface area contributed by atoms with Gasteiger partial charge in [-0.3, -0.25) is 9.59 Å². The summed E-state index contributed by atoms with van der Waals surface area (Å²) >= 11 is 0. The fourth-order valence-corrected chi connectivity index (χ4v) is 5.24. The molecule has 230 valence electrons. The molecule has 0 bridgehead atoms. The van der Waals surface area contributed by atoms with Crippen LogP contribution in [-0.2, 0) is 28.6 Å². The lowest BCUT2D eigenvalue weighted by Gasteiger charge is -2.41. The first-order valence-corrected chi connectivity index (χ1v) is 14.3. The minimum atomic E-state index is -4.76. The second-order valence-corrected chi connectivity index (χ2v) is 10.8. The average molecular weight is 609 g/mol. The van der Waals surface area contributed by atoms with Gasteiger partial charge in [-0.1, -0.05) is 24.3 Å². The number of aliphatic carboxylic acids is 1. The second kappa shape index (κ2) is 13.2. The molecule has 2 N–H and O–H groups in total. The molecular weight excluding hydrogens is 577 g/mol. The largest absolute Gasteiger partial charge is 0.490 e. The summed E-state index contributed by atoms with van der Waals surface area (Å²) in [6.45, 7) is 1.56. The van der Waals surface area contributed by atoms with Crippen LogP contribution in [0, 0.1) is 11.3 Å². The zero-order valence-electron chi connectivity index (χ0n) is 23.8. The topological polar surface area (TPSA) is 132 Å². The van der Waals surface area contributed by atoms with Gasteiger partial charge in [-0.2, -0.15) is 18.4 Å². The molecule has 0 radical (unpaired) electrons. The number of aromatic nitrogens is 2. The number of ether oxygens (including phenoxy) is 1. The van der Waals surface area contributed by atoms with Crippen molar-refractivity contribution in [2.45, 2.75) is 50.4 Å². The second-order valence-electron chi connectivity index (χ2n) is 10.8. The number of rotatable bonds is 10. The summed E-state index contributed by atoms with van der Waals surface area (Å²) in [7, 11) is 0. The van der Waals surface area contributed by atoms with E-state index >= 15 is 0 Å². The van der Waals surface area contributed by atoms with Gasteiger partial charge in [0.2, 0.25) is 11.7 Å². The predicted octanol–water partition coefficient (Wildman–Crippen LogP) is 3.98. The molecule has 2 aliphatic heterocycles. The van der Waals surface area contributed by atoms with Gasteiger partial charge in [0.25, 0.3) is 0 Å². The number of piperidine rings is 1. The van der Waals surface area contributed by atoms with Crippen LogP contribution in [-0.4, -0.2) is 65.3 Å². The number of amides is 1. The first-order chi connectivity index (χ1) is 21.1. The van der Waals surface area contributed by atoms with Gasteiger partial charge in [0.1, 0.15) is 29.5 Å². The van der Waals surface area contributed by atoms with Crippen LogP contribution in [0.1, 0.15) is 41.8 Å². The lowest BCUT2D eigenvalue weighted by molar-refractivity contribution is -0.144. The number of benzene rings is 2. The fourth-order valence-electron chi connectivity index (χ4n) is 5.24. The van der Waals surface area contributed by atoms with E-state index in [0.717, 1.165) is 5.56 Å². The lowest BCUT2D eigenvalue weighted by Crippen LogP contribution is -2.57. The van der Waals surface area contributed by atoms with Crippen LogP contribution in [0.4, 0.5) is 24.8 Å². The molecule has 1 amide bonds. The van der Waals surface area contributed by atoms with Crippen molar-refractivity contribution < 1.29 is 32.6 Å². The Morgan fingerprint density at radius 2 is 1.64 bits per heavy atom. The van der Waals surface area contributed by atoms with Gasteiger partial charge in [-0.05, 0) is 48.2 Å². The van der Waals surface area contributed by atoms with Crippen LogP contribution in [0.15, 0.2) is 54.6 Å². The van der Waals surface area contributed by atoms with E-state index in [1.807, 2.05) is 12.1 Å². The van der Waals surface area contributed by atoms with Crippen molar-refractivity contribution in [1.82, 2.24) is 15.3 Å². The summed E-state index contributed by atoms with van der Waals surface area (Å²) in [4.78, 5) is 34.7. The SMILES string of the molecule is N#Cc1ccc(CCNC(=O)[C@@H]2CCN2c2cc(N3CCC(Oc4ccc(CC(=O)O)cc4)CC3)nc(C(F)(F)F)n2)cc1. The van der Waals surface area contributed by atoms with E-state index in [9.17, 15) is 22.8 Å². The standard InChI is InChI=1S/C31H31F3N6O4/c32-31(33,34)30-37-26(39-14-10-24(11-15-39)44-23-7-5-21(6-8-23)17-28(41)42)18-27(38-30)40-16-12-25(40)29(43)36-13-9-20-1-3-22(19-35)4-2-20/h1-8,18,24-25H,9-17H2,(H,36,43)(H,41,42)/t25-/m0/s1. The molecule has 0 spiro atoms. The average Bonchev–Trinajstić information content (AvgIpc) is 2.97. The van der Waals surface area contributed by atoms with E-state index in [0.29, 0.717) is 68.7 Å². The fraction of sp³-hybridized carbons (Fsp3) is 0.387. The summed E-state index contributed by atoms with van der Waals surface area (Å²) in [6.07, 6.45) is -2.87. The number of carboxylic acids is 1. The van der Waals surface area contributed by atoms with E-state index in [1.165, 1.54) is 6.07 Å². The number of nitrogens with zero attached hydrogens (tertiary/aromatic N) is 5. The third-order valence-electron chi connectivity index (χ3n) is 7.71. The van der Waals surface area contributed by atoms with Gasteiger partial charge in [-0.25, -0.2) is 9.97 Å². The van der Waals surface area contributed by atoms with E-state index in [4.69, 9.17) is 15.1 Å². The number of carbonyl (C=O) groups excluding carboxylic acids is 1. The summed E-state index contributed by atoms with van der Waals surface area (Å²) in [5.41, 5.74) is 2.15. The van der Waals surface area contributed by atoms with Crippen LogP contribution in [0.3, 0.4) is 0 Å². The molecule has 44 heavy (non-hydrogen) atoms. The molecule has 0 unspecified atom stereocenters. The molecule has 1 atom stereocenters. The summed E-state index contributed by atoms with van der Waals surface area (Å²) in [6, 6.07) is 16.8. The number of hydrogen-bond donors (Lipinski definition) is 2. The first kappa shape index (κ1) is 30.6. The van der Waals surface area contributed by atoms with Gasteiger partial charge in [0.05, 0.1) is 18.1 Å². The lowest BCUT2D eigenvalue weighted by atomic mass is 10.0. The predicted molar refractivity (Wildman–Crippen MR) is 154 cm³/mol. The maximum atomic E-state index is 13.8. The molecule has 0 saturated carbocycles. The van der Waals surface area contributed by atoms with Gasteiger partial charge < -0.3 is 25.0 Å². The molecule has 3 aromatic rings. The maximum Gasteiger partial charge on any atom is 0.451 e. The van der Waals surface area contributed by atoms with Crippen molar-refractivity contribution in [2.75, 3.05) is 36.0 Å². The maximum absolute atomic E-state index is 13.8. The Bertz CT molecular complexity index is 1520. The van der Waals surface area contributed by atoms with Crippen LogP contribution in [0.25, 0.3) is 0 Å². The van der Waals surface area contributed by atoms with Crippen molar-refractivity contribution >= 4 is 23.5 Å².